The fraction of sp³-hybridized carbons (Fsp3) is 0.429. The van der Waals surface area contributed by atoms with Crippen LogP contribution in [-0.2, 0) is 26.1 Å². The van der Waals surface area contributed by atoms with Crippen molar-refractivity contribution in [2.45, 2.75) is 43.5 Å². The summed E-state index contributed by atoms with van der Waals surface area (Å²) in [6.07, 6.45) is 13.1. The summed E-state index contributed by atoms with van der Waals surface area (Å²) in [7, 11) is -2.18. The van der Waals surface area contributed by atoms with E-state index in [1.165, 1.54) is 25.3 Å². The van der Waals surface area contributed by atoms with Crippen molar-refractivity contribution in [3.05, 3.63) is 60.2 Å². The van der Waals surface area contributed by atoms with Gasteiger partial charge in [0.05, 0.1) is 18.3 Å². The Morgan fingerprint density at radius 1 is 1.23 bits per heavy atom. The number of nitrogens with zero attached hydrogens (tertiary/aromatic N) is 2. The molecule has 1 heterocycles. The summed E-state index contributed by atoms with van der Waals surface area (Å²) in [4.78, 5) is 15.6. The number of hydrogen-bond acceptors (Lipinski definition) is 5. The van der Waals surface area contributed by atoms with Crippen molar-refractivity contribution >= 4 is 27.6 Å². The lowest BCUT2D eigenvalue weighted by Gasteiger charge is -2.13. The van der Waals surface area contributed by atoms with E-state index in [0.29, 0.717) is 18.0 Å². The van der Waals surface area contributed by atoms with Gasteiger partial charge in [-0.3, -0.25) is 0 Å². The van der Waals surface area contributed by atoms with Gasteiger partial charge in [0.15, 0.2) is 0 Å². The molecule has 164 valence electrons. The van der Waals surface area contributed by atoms with Crippen molar-refractivity contribution in [2.75, 3.05) is 13.7 Å². The number of aromatic nitrogens is 2. The fourth-order valence-corrected chi connectivity index (χ4v) is 4.21. The number of carbonyl (C=O) groups is 1. The third-order valence-corrected chi connectivity index (χ3v) is 6.40. The van der Waals surface area contributed by atoms with Crippen molar-refractivity contribution in [1.82, 2.24) is 14.3 Å². The van der Waals surface area contributed by atoms with E-state index < -0.39 is 10.0 Å². The van der Waals surface area contributed by atoms with Gasteiger partial charge in [-0.1, -0.05) is 24.1 Å². The zero-order valence-electron chi connectivity index (χ0n) is 17.0. The van der Waals surface area contributed by atoms with Crippen LogP contribution in [-0.4, -0.2) is 37.6 Å². The normalized spacial score (nSPS) is 12.9. The second-order valence-corrected chi connectivity index (χ2v) is 9.14. The molecule has 2 aromatic rings. The first-order valence-corrected chi connectivity index (χ1v) is 11.7. The molecular weight excluding hydrogens is 426 g/mol. The highest BCUT2D eigenvalue weighted by Gasteiger charge is 2.13. The van der Waals surface area contributed by atoms with Gasteiger partial charge in [-0.2, -0.15) is 0 Å². The molecule has 1 aromatic carbocycles. The topological polar surface area (TPSA) is 90.3 Å². The molecule has 0 amide bonds. The molecule has 0 bridgehead atoms. The summed E-state index contributed by atoms with van der Waals surface area (Å²) in [5.41, 5.74) is 0. The Hall–Kier alpha value is -2.16. The first kappa shape index (κ1) is 24.1. The highest BCUT2D eigenvalue weighted by Crippen LogP contribution is 2.18. The second-order valence-electron chi connectivity index (χ2n) is 6.93. The number of nitrogens with one attached hydrogen (secondary N) is 1. The molecule has 1 atom stereocenters. The molecule has 9 heteroatoms. The maximum absolute atomic E-state index is 12.3. The van der Waals surface area contributed by atoms with Crippen LogP contribution in [0.5, 0.6) is 0 Å². The Balaban J connectivity index is 1.76. The number of unbranched alkanes of at least 4 members (excludes halogenated alkanes) is 1. The highest BCUT2D eigenvalue weighted by molar-refractivity contribution is 7.89. The number of halogens is 1. The van der Waals surface area contributed by atoms with E-state index in [9.17, 15) is 13.2 Å². The van der Waals surface area contributed by atoms with Gasteiger partial charge in [0.25, 0.3) is 0 Å². The molecule has 0 saturated carbocycles. The number of imidazole rings is 1. The average molecular weight is 454 g/mol. The largest absolute Gasteiger partial charge is 0.466 e. The van der Waals surface area contributed by atoms with E-state index >= 15 is 0 Å². The van der Waals surface area contributed by atoms with Crippen molar-refractivity contribution in [2.24, 2.45) is 5.92 Å². The number of ether oxygens (including phenoxy) is 1. The number of benzene rings is 1. The summed E-state index contributed by atoms with van der Waals surface area (Å²) in [5.74, 6) is -0.147. The molecule has 30 heavy (non-hydrogen) atoms. The summed E-state index contributed by atoms with van der Waals surface area (Å²) < 4.78 is 33.9. The quantitative estimate of drug-likeness (QED) is 0.283. The van der Waals surface area contributed by atoms with Crippen LogP contribution in [0.4, 0.5) is 0 Å². The molecule has 1 unspecified atom stereocenters. The van der Waals surface area contributed by atoms with Crippen LogP contribution in [0.25, 0.3) is 0 Å². The van der Waals surface area contributed by atoms with Crippen molar-refractivity contribution in [3.63, 3.8) is 0 Å². The maximum Gasteiger partial charge on any atom is 0.330 e. The monoisotopic (exact) mass is 453 g/mol. The van der Waals surface area contributed by atoms with Crippen molar-refractivity contribution in [1.29, 1.82) is 0 Å². The number of methoxy groups -OCH3 is 1. The molecule has 1 aromatic heterocycles. The summed E-state index contributed by atoms with van der Waals surface area (Å²) in [5, 5.41) is 0.494. The Morgan fingerprint density at radius 2 is 1.97 bits per heavy atom. The zero-order chi connectivity index (χ0) is 21.8. The SMILES string of the molecule is COC(=O)/C=C/C(CCCCNS(=O)(=O)c1ccc(Cl)cc1)CCCn1ccnc1. The van der Waals surface area contributed by atoms with E-state index in [2.05, 4.69) is 14.4 Å². The van der Waals surface area contributed by atoms with Gasteiger partial charge < -0.3 is 9.30 Å². The number of aryl methyl sites for hydroxylation is 1. The zero-order valence-corrected chi connectivity index (χ0v) is 18.6. The third-order valence-electron chi connectivity index (χ3n) is 4.67. The molecule has 0 radical (unpaired) electrons. The lowest BCUT2D eigenvalue weighted by molar-refractivity contribution is -0.134. The summed E-state index contributed by atoms with van der Waals surface area (Å²) >= 11 is 5.80. The first-order chi connectivity index (χ1) is 14.4. The van der Waals surface area contributed by atoms with Gasteiger partial charge in [-0.05, 0) is 55.9 Å². The van der Waals surface area contributed by atoms with Crippen molar-refractivity contribution in [3.8, 4) is 0 Å². The minimum absolute atomic E-state index is 0.199. The van der Waals surface area contributed by atoms with Gasteiger partial charge in [0.2, 0.25) is 10.0 Å². The predicted octanol–water partition coefficient (Wildman–Crippen LogP) is 3.81. The third kappa shape index (κ3) is 8.69. The van der Waals surface area contributed by atoms with E-state index in [1.54, 1.807) is 24.7 Å². The van der Waals surface area contributed by atoms with Crippen LogP contribution in [0.15, 0.2) is 60.0 Å². The molecule has 1 N–H and O–H groups in total. The number of sulfonamides is 1. The molecule has 0 spiro atoms. The highest BCUT2D eigenvalue weighted by atomic mass is 35.5. The molecule has 0 aliphatic rings. The molecule has 0 saturated heterocycles. The Bertz CT molecular complexity index is 897. The van der Waals surface area contributed by atoms with Gasteiger partial charge in [-0.25, -0.2) is 22.9 Å². The Labute approximate surface area is 183 Å². The predicted molar refractivity (Wildman–Crippen MR) is 117 cm³/mol. The minimum Gasteiger partial charge on any atom is -0.466 e. The molecular formula is C21H28ClN3O4S. The standard InChI is InChI=1S/C21H28ClN3O4S/c1-29-21(26)12-7-18(6-4-15-25-16-14-23-17-25)5-2-3-13-24-30(27,28)20-10-8-19(22)9-11-20/h7-12,14,16-18,24H,2-6,13,15H2,1H3/b12-7+. The number of esters is 1. The van der Waals surface area contributed by atoms with E-state index in [-0.39, 0.29) is 16.8 Å². The van der Waals surface area contributed by atoms with E-state index in [0.717, 1.165) is 32.2 Å². The van der Waals surface area contributed by atoms with Crippen LogP contribution in [0, 0.1) is 5.92 Å². The lowest BCUT2D eigenvalue weighted by atomic mass is 9.96. The van der Waals surface area contributed by atoms with Crippen LogP contribution in [0.3, 0.4) is 0 Å². The number of rotatable bonds is 13. The van der Waals surface area contributed by atoms with Crippen LogP contribution in [0.2, 0.25) is 5.02 Å². The molecule has 2 rings (SSSR count). The number of carbonyl (C=O) groups excluding carboxylic acids is 1. The molecule has 0 aliphatic carbocycles. The van der Waals surface area contributed by atoms with E-state index in [4.69, 9.17) is 11.6 Å². The van der Waals surface area contributed by atoms with Gasteiger partial charge in [0.1, 0.15) is 0 Å². The van der Waals surface area contributed by atoms with Crippen molar-refractivity contribution < 1.29 is 17.9 Å². The van der Waals surface area contributed by atoms with Crippen LogP contribution in [0.1, 0.15) is 32.1 Å². The van der Waals surface area contributed by atoms with Crippen LogP contribution < -0.4 is 4.72 Å². The smallest absolute Gasteiger partial charge is 0.330 e. The van der Waals surface area contributed by atoms with Gasteiger partial charge in [-0.15, -0.1) is 0 Å². The Morgan fingerprint density at radius 3 is 2.63 bits per heavy atom. The van der Waals surface area contributed by atoms with Gasteiger partial charge in [0, 0.05) is 36.6 Å². The number of allylic oxidation sites excluding steroid dienone is 1. The summed E-state index contributed by atoms with van der Waals surface area (Å²) in [6.45, 7) is 1.22. The lowest BCUT2D eigenvalue weighted by Crippen LogP contribution is -2.24. The Kier molecular flexibility index (Phi) is 10.1. The maximum atomic E-state index is 12.3. The molecule has 7 nitrogen and oxygen atoms in total. The first-order valence-electron chi connectivity index (χ1n) is 9.88. The molecule has 0 aliphatic heterocycles. The minimum atomic E-state index is -3.53. The van der Waals surface area contributed by atoms with E-state index in [1.807, 2.05) is 16.8 Å². The fourth-order valence-electron chi connectivity index (χ4n) is 3.01. The van der Waals surface area contributed by atoms with Crippen LogP contribution >= 0.6 is 11.6 Å². The summed E-state index contributed by atoms with van der Waals surface area (Å²) in [6, 6.07) is 6.08. The number of hydrogen-bond donors (Lipinski definition) is 1. The average Bonchev–Trinajstić information content (AvgIpc) is 3.24. The van der Waals surface area contributed by atoms with Gasteiger partial charge >= 0.3 is 5.97 Å². The second kappa shape index (κ2) is 12.5. The molecule has 0 fully saturated rings.